The lowest BCUT2D eigenvalue weighted by atomic mass is 9.95. The second kappa shape index (κ2) is 8.95. The Morgan fingerprint density at radius 1 is 1.03 bits per heavy atom. The van der Waals surface area contributed by atoms with Crippen molar-refractivity contribution in [2.24, 2.45) is 0 Å². The van der Waals surface area contributed by atoms with E-state index < -0.39 is 0 Å². The van der Waals surface area contributed by atoms with Crippen molar-refractivity contribution < 1.29 is 0 Å². The van der Waals surface area contributed by atoms with Gasteiger partial charge in [0.2, 0.25) is 5.95 Å². The Balaban J connectivity index is 1.61. The fourth-order valence-corrected chi connectivity index (χ4v) is 4.64. The average Bonchev–Trinajstić information content (AvgIpc) is 3.10. The van der Waals surface area contributed by atoms with Crippen LogP contribution in [-0.2, 0) is 13.0 Å². The fourth-order valence-electron chi connectivity index (χ4n) is 4.64. The van der Waals surface area contributed by atoms with E-state index in [0.717, 1.165) is 37.1 Å². The summed E-state index contributed by atoms with van der Waals surface area (Å²) in [5, 5.41) is 1.10. The monoisotopic (exact) mass is 391 g/mol. The van der Waals surface area contributed by atoms with Crippen LogP contribution in [-0.4, -0.2) is 32.5 Å². The molecule has 1 aliphatic carbocycles. The highest BCUT2D eigenvalue weighted by Gasteiger charge is 2.21. The highest BCUT2D eigenvalue weighted by Crippen LogP contribution is 2.34. The van der Waals surface area contributed by atoms with Crippen LogP contribution in [0.3, 0.4) is 0 Å². The van der Waals surface area contributed by atoms with Crippen molar-refractivity contribution in [3.8, 4) is 0 Å². The molecule has 5 nitrogen and oxygen atoms in total. The number of nitrogens with two attached hydrogens (primary N) is 1. The Kier molecular flexibility index (Phi) is 6.14. The number of rotatable bonds is 7. The lowest BCUT2D eigenvalue weighted by molar-refractivity contribution is 0.296. The molecule has 0 amide bonds. The van der Waals surface area contributed by atoms with E-state index in [0.29, 0.717) is 12.0 Å². The molecule has 2 heterocycles. The number of hydrogen-bond acceptors (Lipinski definition) is 4. The van der Waals surface area contributed by atoms with E-state index in [4.69, 9.17) is 5.73 Å². The van der Waals surface area contributed by atoms with E-state index in [1.807, 2.05) is 6.20 Å². The van der Waals surface area contributed by atoms with Gasteiger partial charge < -0.3 is 10.3 Å². The third-order valence-electron chi connectivity index (χ3n) is 6.32. The SMILES string of the molecule is CCN(CC)Cc1ccc(Cc2cc3cnc(N)nc3n2C2CCCCC2)cc1. The van der Waals surface area contributed by atoms with Crippen molar-refractivity contribution in [1.82, 2.24) is 19.4 Å². The van der Waals surface area contributed by atoms with Gasteiger partial charge in [-0.25, -0.2) is 4.98 Å². The van der Waals surface area contributed by atoms with Crippen LogP contribution in [0.5, 0.6) is 0 Å². The maximum Gasteiger partial charge on any atom is 0.221 e. The minimum absolute atomic E-state index is 0.361. The predicted molar refractivity (Wildman–Crippen MR) is 120 cm³/mol. The summed E-state index contributed by atoms with van der Waals surface area (Å²) in [5.41, 5.74) is 11.0. The van der Waals surface area contributed by atoms with Gasteiger partial charge in [0.15, 0.2) is 0 Å². The summed E-state index contributed by atoms with van der Waals surface area (Å²) in [6, 6.07) is 11.9. The lowest BCUT2D eigenvalue weighted by Gasteiger charge is -2.26. The number of fused-ring (bicyclic) bond motifs is 1. The van der Waals surface area contributed by atoms with Crippen molar-refractivity contribution in [3.05, 3.63) is 53.3 Å². The van der Waals surface area contributed by atoms with Gasteiger partial charge in [0.25, 0.3) is 0 Å². The second-order valence-corrected chi connectivity index (χ2v) is 8.26. The van der Waals surface area contributed by atoms with Crippen LogP contribution in [0.25, 0.3) is 11.0 Å². The lowest BCUT2D eigenvalue weighted by Crippen LogP contribution is -2.22. The van der Waals surface area contributed by atoms with Crippen LogP contribution in [0.2, 0.25) is 0 Å². The zero-order chi connectivity index (χ0) is 20.2. The third kappa shape index (κ3) is 4.45. The van der Waals surface area contributed by atoms with Gasteiger partial charge in [-0.05, 0) is 43.1 Å². The summed E-state index contributed by atoms with van der Waals surface area (Å²) in [6.07, 6.45) is 9.17. The van der Waals surface area contributed by atoms with E-state index in [1.165, 1.54) is 48.9 Å². The Morgan fingerprint density at radius 2 is 1.72 bits per heavy atom. The molecule has 1 fully saturated rings. The molecule has 0 saturated heterocycles. The molecule has 5 heteroatoms. The Labute approximate surface area is 174 Å². The number of nitrogen functional groups attached to an aromatic ring is 1. The molecule has 1 saturated carbocycles. The summed E-state index contributed by atoms with van der Waals surface area (Å²) in [4.78, 5) is 11.3. The molecule has 0 aliphatic heterocycles. The largest absolute Gasteiger partial charge is 0.368 e. The van der Waals surface area contributed by atoms with Gasteiger partial charge in [-0.15, -0.1) is 0 Å². The van der Waals surface area contributed by atoms with Crippen LogP contribution in [0.1, 0.15) is 68.8 Å². The summed E-state index contributed by atoms with van der Waals surface area (Å²) in [6.45, 7) is 7.63. The van der Waals surface area contributed by atoms with Crippen molar-refractivity contribution in [1.29, 1.82) is 0 Å². The molecular formula is C24H33N5. The van der Waals surface area contributed by atoms with Gasteiger partial charge in [-0.3, -0.25) is 4.90 Å². The van der Waals surface area contributed by atoms with Crippen LogP contribution in [0.15, 0.2) is 36.5 Å². The molecule has 0 unspecified atom stereocenters. The molecule has 0 bridgehead atoms. The maximum atomic E-state index is 5.92. The van der Waals surface area contributed by atoms with Gasteiger partial charge >= 0.3 is 0 Å². The van der Waals surface area contributed by atoms with Gasteiger partial charge in [0.1, 0.15) is 5.65 Å². The van der Waals surface area contributed by atoms with E-state index in [1.54, 1.807) is 0 Å². The first-order chi connectivity index (χ1) is 14.2. The average molecular weight is 392 g/mol. The normalized spacial score (nSPS) is 15.4. The van der Waals surface area contributed by atoms with Crippen LogP contribution in [0.4, 0.5) is 5.95 Å². The molecule has 154 valence electrons. The molecule has 0 spiro atoms. The number of hydrogen-bond donors (Lipinski definition) is 1. The van der Waals surface area contributed by atoms with Crippen LogP contribution < -0.4 is 5.73 Å². The number of aromatic nitrogens is 3. The summed E-state index contributed by atoms with van der Waals surface area (Å²) in [7, 11) is 0. The predicted octanol–water partition coefficient (Wildman–Crippen LogP) is 4.95. The molecule has 1 aliphatic rings. The van der Waals surface area contributed by atoms with E-state index in [2.05, 4.69) is 63.6 Å². The first kappa shape index (κ1) is 19.9. The fraction of sp³-hybridized carbons (Fsp3) is 0.500. The molecule has 3 aromatic rings. The Bertz CT molecular complexity index is 934. The van der Waals surface area contributed by atoms with Gasteiger partial charge in [-0.1, -0.05) is 57.4 Å². The molecule has 2 aromatic heterocycles. The van der Waals surface area contributed by atoms with Gasteiger partial charge in [-0.2, -0.15) is 4.98 Å². The zero-order valence-electron chi connectivity index (χ0n) is 17.8. The highest BCUT2D eigenvalue weighted by atomic mass is 15.1. The van der Waals surface area contributed by atoms with Gasteiger partial charge in [0, 0.05) is 36.3 Å². The number of benzene rings is 1. The number of anilines is 1. The zero-order valence-corrected chi connectivity index (χ0v) is 17.8. The first-order valence-electron chi connectivity index (χ1n) is 11.1. The summed E-state index contributed by atoms with van der Waals surface area (Å²) in [5.74, 6) is 0.361. The molecule has 29 heavy (non-hydrogen) atoms. The highest BCUT2D eigenvalue weighted by molar-refractivity contribution is 5.78. The van der Waals surface area contributed by atoms with Crippen molar-refractivity contribution in [2.75, 3.05) is 18.8 Å². The molecule has 0 atom stereocenters. The smallest absolute Gasteiger partial charge is 0.221 e. The van der Waals surface area contributed by atoms with Crippen molar-refractivity contribution >= 4 is 17.0 Å². The minimum atomic E-state index is 0.361. The van der Waals surface area contributed by atoms with Crippen LogP contribution >= 0.6 is 0 Å². The minimum Gasteiger partial charge on any atom is -0.368 e. The summed E-state index contributed by atoms with van der Waals surface area (Å²) >= 11 is 0. The molecular weight excluding hydrogens is 358 g/mol. The third-order valence-corrected chi connectivity index (χ3v) is 6.32. The molecule has 4 rings (SSSR count). The van der Waals surface area contributed by atoms with E-state index >= 15 is 0 Å². The maximum absolute atomic E-state index is 5.92. The molecule has 0 radical (unpaired) electrons. The number of nitrogens with zero attached hydrogens (tertiary/aromatic N) is 4. The first-order valence-corrected chi connectivity index (χ1v) is 11.1. The van der Waals surface area contributed by atoms with Crippen LogP contribution in [0, 0.1) is 0 Å². The van der Waals surface area contributed by atoms with E-state index in [9.17, 15) is 0 Å². The van der Waals surface area contributed by atoms with E-state index in [-0.39, 0.29) is 0 Å². The molecule has 1 aromatic carbocycles. The topological polar surface area (TPSA) is 60.0 Å². The quantitative estimate of drug-likeness (QED) is 0.619. The van der Waals surface area contributed by atoms with Crippen molar-refractivity contribution in [3.63, 3.8) is 0 Å². The second-order valence-electron chi connectivity index (χ2n) is 8.26. The van der Waals surface area contributed by atoms with Crippen molar-refractivity contribution in [2.45, 2.75) is 65.0 Å². The molecule has 2 N–H and O–H groups in total. The summed E-state index contributed by atoms with van der Waals surface area (Å²) < 4.78 is 2.45. The Hall–Kier alpha value is -2.40. The van der Waals surface area contributed by atoms with Gasteiger partial charge in [0.05, 0.1) is 0 Å². The standard InChI is InChI=1S/C24H33N5/c1-3-28(4-2)17-19-12-10-18(11-13-19)14-22-15-20-16-26-24(25)27-23(20)29(22)21-8-6-5-7-9-21/h10-13,15-16,21H,3-9,14,17H2,1-2H3,(H2,25,26,27). The Morgan fingerprint density at radius 3 is 2.41 bits per heavy atom.